The highest BCUT2D eigenvalue weighted by Gasteiger charge is 2.15. The molecule has 0 bridgehead atoms. The van der Waals surface area contributed by atoms with E-state index in [1.165, 1.54) is 0 Å². The molecule has 2 nitrogen and oxygen atoms in total. The average Bonchev–Trinajstić information content (AvgIpc) is 1.78. The van der Waals surface area contributed by atoms with Crippen LogP contribution in [0.1, 0.15) is 48.5 Å². The molecule has 1 N–H and O–H groups in total. The molecular formula is C10H22N2. The summed E-state index contributed by atoms with van der Waals surface area (Å²) in [6.07, 6.45) is 0. The fourth-order valence-corrected chi connectivity index (χ4v) is 0.419. The SMILES string of the molecule is CC(=NNC(C)(C)C)C(C)(C)C. The monoisotopic (exact) mass is 170 g/mol. The van der Waals surface area contributed by atoms with Gasteiger partial charge in [0.2, 0.25) is 0 Å². The Labute approximate surface area is 76.4 Å². The van der Waals surface area contributed by atoms with Crippen LogP contribution in [0.5, 0.6) is 0 Å². The first-order chi connectivity index (χ1) is 5.13. The molecule has 0 amide bonds. The molecule has 0 aliphatic carbocycles. The standard InChI is InChI=1S/C10H22N2/c1-8(9(2,3)4)11-12-10(5,6)7/h12H,1-7H3. The lowest BCUT2D eigenvalue weighted by Gasteiger charge is -2.22. The van der Waals surface area contributed by atoms with E-state index in [-0.39, 0.29) is 11.0 Å². The summed E-state index contributed by atoms with van der Waals surface area (Å²) in [4.78, 5) is 0. The lowest BCUT2D eigenvalue weighted by Crippen LogP contribution is -2.33. The lowest BCUT2D eigenvalue weighted by atomic mass is 9.91. The fraction of sp³-hybridized carbons (Fsp3) is 0.900. The molecule has 0 aromatic carbocycles. The molecule has 0 aromatic heterocycles. The number of hydrogen-bond acceptors (Lipinski definition) is 2. The first-order valence-electron chi connectivity index (χ1n) is 4.45. The minimum atomic E-state index is 0.0620. The summed E-state index contributed by atoms with van der Waals surface area (Å²) in [7, 11) is 0. The van der Waals surface area contributed by atoms with Crippen LogP contribution in [0.4, 0.5) is 0 Å². The van der Waals surface area contributed by atoms with Gasteiger partial charge in [-0.15, -0.1) is 0 Å². The van der Waals surface area contributed by atoms with E-state index in [1.54, 1.807) is 0 Å². The van der Waals surface area contributed by atoms with E-state index in [0.29, 0.717) is 0 Å². The van der Waals surface area contributed by atoms with Crippen LogP contribution in [0, 0.1) is 5.41 Å². The van der Waals surface area contributed by atoms with Crippen molar-refractivity contribution in [1.82, 2.24) is 5.43 Å². The normalized spacial score (nSPS) is 14.8. The van der Waals surface area contributed by atoms with Crippen LogP contribution in [0.15, 0.2) is 5.10 Å². The molecule has 0 fully saturated rings. The molecule has 0 aliphatic heterocycles. The molecule has 0 unspecified atom stereocenters. The number of rotatable bonds is 1. The van der Waals surface area contributed by atoms with Crippen molar-refractivity contribution in [3.05, 3.63) is 0 Å². The van der Waals surface area contributed by atoms with E-state index >= 15 is 0 Å². The van der Waals surface area contributed by atoms with Gasteiger partial charge in [-0.3, -0.25) is 0 Å². The van der Waals surface area contributed by atoms with Crippen LogP contribution in [-0.2, 0) is 0 Å². The number of hydrazone groups is 1. The molecule has 72 valence electrons. The third-order valence-electron chi connectivity index (χ3n) is 1.64. The van der Waals surface area contributed by atoms with Gasteiger partial charge in [0.25, 0.3) is 0 Å². The van der Waals surface area contributed by atoms with Crippen LogP contribution in [0.25, 0.3) is 0 Å². The van der Waals surface area contributed by atoms with Gasteiger partial charge in [0.15, 0.2) is 0 Å². The van der Waals surface area contributed by atoms with E-state index in [0.717, 1.165) is 5.71 Å². The molecule has 0 saturated carbocycles. The zero-order valence-corrected chi connectivity index (χ0v) is 9.45. The van der Waals surface area contributed by atoms with Crippen LogP contribution in [-0.4, -0.2) is 11.3 Å². The Balaban J connectivity index is 4.21. The van der Waals surface area contributed by atoms with E-state index in [9.17, 15) is 0 Å². The number of nitrogens with one attached hydrogen (secondary N) is 1. The zero-order valence-electron chi connectivity index (χ0n) is 9.45. The summed E-state index contributed by atoms with van der Waals surface area (Å²) < 4.78 is 0. The molecule has 12 heavy (non-hydrogen) atoms. The number of hydrogen-bond donors (Lipinski definition) is 1. The summed E-state index contributed by atoms with van der Waals surface area (Å²) in [5.74, 6) is 0. The topological polar surface area (TPSA) is 24.4 Å². The van der Waals surface area contributed by atoms with Crippen molar-refractivity contribution in [2.24, 2.45) is 10.5 Å². The largest absolute Gasteiger partial charge is 0.305 e. The van der Waals surface area contributed by atoms with Gasteiger partial charge in [-0.1, -0.05) is 20.8 Å². The Morgan fingerprint density at radius 2 is 1.42 bits per heavy atom. The molecule has 0 spiro atoms. The van der Waals surface area contributed by atoms with Gasteiger partial charge in [-0.05, 0) is 27.7 Å². The molecule has 0 atom stereocenters. The summed E-state index contributed by atoms with van der Waals surface area (Å²) in [6.45, 7) is 14.9. The summed E-state index contributed by atoms with van der Waals surface area (Å²) >= 11 is 0. The molecule has 0 aromatic rings. The van der Waals surface area contributed by atoms with E-state index in [1.807, 2.05) is 0 Å². The lowest BCUT2D eigenvalue weighted by molar-refractivity contribution is 0.434. The van der Waals surface area contributed by atoms with Crippen molar-refractivity contribution in [3.8, 4) is 0 Å². The van der Waals surface area contributed by atoms with Gasteiger partial charge >= 0.3 is 0 Å². The van der Waals surface area contributed by atoms with Gasteiger partial charge in [0, 0.05) is 16.7 Å². The molecule has 0 heterocycles. The van der Waals surface area contributed by atoms with E-state index in [2.05, 4.69) is 59.0 Å². The summed E-state index contributed by atoms with van der Waals surface area (Å²) in [6, 6.07) is 0. The Bertz CT molecular complexity index is 167. The van der Waals surface area contributed by atoms with Crippen molar-refractivity contribution >= 4 is 5.71 Å². The molecule has 0 aliphatic rings. The smallest absolute Gasteiger partial charge is 0.0464 e. The Morgan fingerprint density at radius 3 is 1.67 bits per heavy atom. The van der Waals surface area contributed by atoms with Crippen LogP contribution < -0.4 is 5.43 Å². The van der Waals surface area contributed by atoms with Gasteiger partial charge in [-0.25, -0.2) is 0 Å². The first-order valence-corrected chi connectivity index (χ1v) is 4.45. The van der Waals surface area contributed by atoms with Crippen molar-refractivity contribution < 1.29 is 0 Å². The van der Waals surface area contributed by atoms with Gasteiger partial charge in [0.1, 0.15) is 0 Å². The van der Waals surface area contributed by atoms with Crippen molar-refractivity contribution in [2.75, 3.05) is 0 Å². The van der Waals surface area contributed by atoms with Crippen LogP contribution >= 0.6 is 0 Å². The quantitative estimate of drug-likeness (QED) is 0.475. The summed E-state index contributed by atoms with van der Waals surface area (Å²) in [5.41, 5.74) is 4.48. The molecule has 0 radical (unpaired) electrons. The minimum Gasteiger partial charge on any atom is -0.305 e. The second kappa shape index (κ2) is 3.46. The van der Waals surface area contributed by atoms with Crippen LogP contribution in [0.2, 0.25) is 0 Å². The number of nitrogens with zero attached hydrogens (tertiary/aromatic N) is 1. The average molecular weight is 170 g/mol. The van der Waals surface area contributed by atoms with Crippen LogP contribution in [0.3, 0.4) is 0 Å². The third kappa shape index (κ3) is 5.16. The zero-order chi connectivity index (χ0) is 9.99. The second-order valence-electron chi connectivity index (χ2n) is 5.31. The highest BCUT2D eigenvalue weighted by molar-refractivity contribution is 5.86. The maximum absolute atomic E-state index is 4.33. The highest BCUT2D eigenvalue weighted by atomic mass is 15.3. The van der Waals surface area contributed by atoms with Gasteiger partial charge in [0.05, 0.1) is 0 Å². The Morgan fingerprint density at radius 1 is 1.00 bits per heavy atom. The summed E-state index contributed by atoms with van der Waals surface area (Å²) in [5, 5.41) is 4.33. The highest BCUT2D eigenvalue weighted by Crippen LogP contribution is 2.15. The fourth-order valence-electron chi connectivity index (χ4n) is 0.419. The molecule has 0 saturated heterocycles. The maximum Gasteiger partial charge on any atom is 0.0464 e. The molecule has 0 rings (SSSR count). The second-order valence-corrected chi connectivity index (χ2v) is 5.31. The predicted octanol–water partition coefficient (Wildman–Crippen LogP) is 2.80. The van der Waals surface area contributed by atoms with Crippen molar-refractivity contribution in [2.45, 2.75) is 54.0 Å². The molecular weight excluding hydrogens is 148 g/mol. The van der Waals surface area contributed by atoms with Crippen molar-refractivity contribution in [3.63, 3.8) is 0 Å². The van der Waals surface area contributed by atoms with E-state index in [4.69, 9.17) is 0 Å². The van der Waals surface area contributed by atoms with E-state index < -0.39 is 0 Å². The molecule has 2 heteroatoms. The Kier molecular flexibility index (Phi) is 3.31. The predicted molar refractivity (Wildman–Crippen MR) is 55.5 cm³/mol. The first kappa shape index (κ1) is 11.5. The minimum absolute atomic E-state index is 0.0620. The Hall–Kier alpha value is -0.530. The maximum atomic E-state index is 4.33. The van der Waals surface area contributed by atoms with Crippen molar-refractivity contribution in [1.29, 1.82) is 0 Å². The van der Waals surface area contributed by atoms with Gasteiger partial charge in [-0.2, -0.15) is 5.10 Å². The third-order valence-corrected chi connectivity index (χ3v) is 1.64. The van der Waals surface area contributed by atoms with Gasteiger partial charge < -0.3 is 5.43 Å².